The highest BCUT2D eigenvalue weighted by Crippen LogP contribution is 2.30. The zero-order valence-corrected chi connectivity index (χ0v) is 15.4. The highest BCUT2D eigenvalue weighted by molar-refractivity contribution is 6.97. The molecule has 2 nitrogen and oxygen atoms in total. The molecule has 1 unspecified atom stereocenters. The van der Waals surface area contributed by atoms with Gasteiger partial charge in [0.2, 0.25) is 0 Å². The van der Waals surface area contributed by atoms with Crippen molar-refractivity contribution in [2.75, 3.05) is 28.2 Å². The Morgan fingerprint density at radius 2 is 1.68 bits per heavy atom. The summed E-state index contributed by atoms with van der Waals surface area (Å²) in [6.45, 7) is 4.72. The minimum Gasteiger partial charge on any atom is -0.378 e. The molecule has 0 N–H and O–H groups in total. The van der Waals surface area contributed by atoms with Crippen LogP contribution < -0.4 is 10.4 Å². The molecule has 0 amide bonds. The van der Waals surface area contributed by atoms with E-state index in [0.717, 1.165) is 17.2 Å². The van der Waals surface area contributed by atoms with Crippen LogP contribution in [0.2, 0.25) is 6.55 Å². The second-order valence-corrected chi connectivity index (χ2v) is 11.9. The quantitative estimate of drug-likeness (QED) is 0.784. The first-order valence-corrected chi connectivity index (χ1v) is 10.5. The van der Waals surface area contributed by atoms with Crippen LogP contribution in [0.3, 0.4) is 0 Å². The van der Waals surface area contributed by atoms with Gasteiger partial charge in [-0.25, -0.2) is 0 Å². The maximum atomic E-state index is 2.55. The summed E-state index contributed by atoms with van der Waals surface area (Å²) >= 11 is 0. The van der Waals surface area contributed by atoms with Gasteiger partial charge < -0.3 is 9.05 Å². The van der Waals surface area contributed by atoms with Crippen molar-refractivity contribution >= 4 is 18.6 Å². The summed E-state index contributed by atoms with van der Waals surface area (Å²) in [5, 5.41) is 3.21. The van der Waals surface area contributed by atoms with E-state index in [1.54, 1.807) is 15.9 Å². The monoisotopic (exact) mass is 311 g/mol. The van der Waals surface area contributed by atoms with Gasteiger partial charge in [-0.15, -0.1) is 0 Å². The van der Waals surface area contributed by atoms with Gasteiger partial charge in [-0.3, -0.25) is 0 Å². The number of benzene rings is 2. The number of quaternary nitrogens is 1. The normalized spacial score (nSPS) is 22.8. The zero-order valence-electron chi connectivity index (χ0n) is 14.4. The molecule has 0 spiro atoms. The minimum absolute atomic E-state index is 1.03. The molecule has 116 valence electrons. The standard InChI is InChI=1S/C19H27N2Si/c1-20(2)14-16-10-9-11-17-15-21(3,4)22(5,19(16)17)18-12-7-6-8-13-18/h6-13H,14-15H2,1-5H3/q+1. The summed E-state index contributed by atoms with van der Waals surface area (Å²) in [5.74, 6) is 0. The van der Waals surface area contributed by atoms with Gasteiger partial charge in [0.15, 0.2) is 0 Å². The molecule has 0 fully saturated rings. The lowest BCUT2D eigenvalue weighted by molar-refractivity contribution is -0.798. The second kappa shape index (κ2) is 5.34. The van der Waals surface area contributed by atoms with E-state index in [1.165, 1.54) is 5.56 Å². The van der Waals surface area contributed by atoms with Crippen LogP contribution in [0.1, 0.15) is 11.1 Å². The molecule has 0 aliphatic carbocycles. The Morgan fingerprint density at radius 3 is 2.32 bits per heavy atom. The molecule has 1 heterocycles. The van der Waals surface area contributed by atoms with Gasteiger partial charge in [-0.2, -0.15) is 0 Å². The summed E-state index contributed by atoms with van der Waals surface area (Å²) in [6.07, 6.45) is 0. The molecule has 22 heavy (non-hydrogen) atoms. The molecule has 1 aliphatic heterocycles. The first kappa shape index (κ1) is 15.5. The third-order valence-electron chi connectivity index (χ3n) is 5.32. The molecule has 3 rings (SSSR count). The summed E-state index contributed by atoms with van der Waals surface area (Å²) < 4.78 is 1.11. The van der Waals surface area contributed by atoms with Crippen molar-refractivity contribution in [3.63, 3.8) is 0 Å². The minimum atomic E-state index is -1.81. The predicted octanol–water partition coefficient (Wildman–Crippen LogP) is 2.03. The van der Waals surface area contributed by atoms with E-state index in [-0.39, 0.29) is 0 Å². The summed E-state index contributed by atoms with van der Waals surface area (Å²) in [4.78, 5) is 2.29. The lowest BCUT2D eigenvalue weighted by Crippen LogP contribution is -2.71. The van der Waals surface area contributed by atoms with E-state index in [2.05, 4.69) is 88.2 Å². The molecule has 3 heteroatoms. The average Bonchev–Trinajstić information content (AvgIpc) is 2.68. The summed E-state index contributed by atoms with van der Waals surface area (Å²) in [5.41, 5.74) is 3.08. The number of hydrogen-bond donors (Lipinski definition) is 0. The number of fused-ring (bicyclic) bond motifs is 1. The van der Waals surface area contributed by atoms with Crippen LogP contribution in [0, 0.1) is 0 Å². The highest BCUT2D eigenvalue weighted by atomic mass is 28.3. The third-order valence-corrected chi connectivity index (χ3v) is 11.0. The van der Waals surface area contributed by atoms with Crippen molar-refractivity contribution in [3.8, 4) is 0 Å². The molecule has 0 saturated heterocycles. The molecular weight excluding hydrogens is 284 g/mol. The van der Waals surface area contributed by atoms with E-state index in [4.69, 9.17) is 0 Å². The molecule has 0 aromatic heterocycles. The van der Waals surface area contributed by atoms with E-state index in [1.807, 2.05) is 0 Å². The Kier molecular flexibility index (Phi) is 3.75. The second-order valence-electron chi connectivity index (χ2n) is 7.47. The summed E-state index contributed by atoms with van der Waals surface area (Å²) in [6, 6.07) is 18.1. The maximum absolute atomic E-state index is 2.55. The highest BCUT2D eigenvalue weighted by Gasteiger charge is 2.56. The third kappa shape index (κ3) is 2.24. The van der Waals surface area contributed by atoms with E-state index < -0.39 is 8.24 Å². The van der Waals surface area contributed by atoms with Crippen LogP contribution >= 0.6 is 0 Å². The fourth-order valence-corrected chi connectivity index (χ4v) is 8.52. The Balaban J connectivity index is 2.24. The van der Waals surface area contributed by atoms with E-state index in [9.17, 15) is 0 Å². The fraction of sp³-hybridized carbons (Fsp3) is 0.368. The van der Waals surface area contributed by atoms with Gasteiger partial charge in [0.25, 0.3) is 0 Å². The van der Waals surface area contributed by atoms with Crippen molar-refractivity contribution < 1.29 is 4.15 Å². The average molecular weight is 312 g/mol. The van der Waals surface area contributed by atoms with Gasteiger partial charge in [0.1, 0.15) is 0 Å². The fourth-order valence-electron chi connectivity index (χ4n) is 4.03. The topological polar surface area (TPSA) is 3.24 Å². The van der Waals surface area contributed by atoms with Crippen molar-refractivity contribution in [3.05, 3.63) is 59.7 Å². The largest absolute Gasteiger partial charge is 0.378 e. The number of rotatable bonds is 3. The van der Waals surface area contributed by atoms with Crippen LogP contribution in [-0.2, 0) is 13.1 Å². The van der Waals surface area contributed by atoms with Gasteiger partial charge >= 0.3 is 8.24 Å². The first-order chi connectivity index (χ1) is 10.4. The number of nitrogens with zero attached hydrogens (tertiary/aromatic N) is 2. The zero-order chi connectivity index (χ0) is 16.0. The van der Waals surface area contributed by atoms with Crippen LogP contribution in [-0.4, -0.2) is 45.5 Å². The Morgan fingerprint density at radius 1 is 1.00 bits per heavy atom. The number of hydrogen-bond acceptors (Lipinski definition) is 1. The van der Waals surface area contributed by atoms with Gasteiger partial charge in [0.05, 0.1) is 20.6 Å². The van der Waals surface area contributed by atoms with Crippen LogP contribution in [0.5, 0.6) is 0 Å². The molecule has 2 aromatic carbocycles. The Labute approximate surface area is 135 Å². The molecule has 1 atom stereocenters. The van der Waals surface area contributed by atoms with Crippen molar-refractivity contribution in [2.24, 2.45) is 0 Å². The van der Waals surface area contributed by atoms with E-state index >= 15 is 0 Å². The van der Waals surface area contributed by atoms with E-state index in [0.29, 0.717) is 0 Å². The van der Waals surface area contributed by atoms with Crippen LogP contribution in [0.4, 0.5) is 0 Å². The first-order valence-electron chi connectivity index (χ1n) is 8.01. The predicted molar refractivity (Wildman–Crippen MR) is 97.0 cm³/mol. The molecule has 1 aliphatic rings. The molecule has 2 aromatic rings. The Hall–Kier alpha value is -1.42. The van der Waals surface area contributed by atoms with Crippen LogP contribution in [0.15, 0.2) is 48.5 Å². The van der Waals surface area contributed by atoms with Crippen molar-refractivity contribution in [1.29, 1.82) is 0 Å². The maximum Gasteiger partial charge on any atom is 0.348 e. The van der Waals surface area contributed by atoms with Crippen LogP contribution in [0.25, 0.3) is 0 Å². The molecule has 0 radical (unpaired) electrons. The molecule has 0 saturated carbocycles. The lowest BCUT2D eigenvalue weighted by Gasteiger charge is -2.40. The molecular formula is C19H27N2Si+. The lowest BCUT2D eigenvalue weighted by atomic mass is 10.1. The Bertz CT molecular complexity index is 679. The van der Waals surface area contributed by atoms with Gasteiger partial charge in [-0.05, 0) is 26.2 Å². The van der Waals surface area contributed by atoms with Crippen molar-refractivity contribution in [1.82, 2.24) is 4.90 Å². The van der Waals surface area contributed by atoms with Gasteiger partial charge in [-0.1, -0.05) is 48.5 Å². The molecule has 0 bridgehead atoms. The SMILES string of the molecule is CN(C)Cc1cccc2c1[Si](C)(c1ccccc1)[N+](C)(C)C2. The summed E-state index contributed by atoms with van der Waals surface area (Å²) in [7, 11) is 7.34. The van der Waals surface area contributed by atoms with Gasteiger partial charge in [0, 0.05) is 22.5 Å². The smallest absolute Gasteiger partial charge is 0.348 e. The van der Waals surface area contributed by atoms with Crippen molar-refractivity contribution in [2.45, 2.75) is 19.6 Å².